The Bertz CT molecular complexity index is 320. The standard InChI is InChI=1S/C14H27N3O2/c1-4-8-16-13(18)10(3)17-14(19)11-6-5-7-12(15)9(11)2/h9-12H,4-8,15H2,1-3H3,(H,16,18)(H,17,19). The van der Waals surface area contributed by atoms with Crippen molar-refractivity contribution in [2.75, 3.05) is 6.54 Å². The van der Waals surface area contributed by atoms with E-state index in [1.807, 2.05) is 13.8 Å². The highest BCUT2D eigenvalue weighted by Crippen LogP contribution is 2.29. The first-order valence-corrected chi connectivity index (χ1v) is 7.31. The molecule has 0 aromatic heterocycles. The second kappa shape index (κ2) is 7.48. The maximum Gasteiger partial charge on any atom is 0.242 e. The number of hydrogen-bond acceptors (Lipinski definition) is 3. The molecule has 110 valence electrons. The van der Waals surface area contributed by atoms with E-state index in [1.165, 1.54) is 0 Å². The van der Waals surface area contributed by atoms with Crippen LogP contribution < -0.4 is 16.4 Å². The van der Waals surface area contributed by atoms with Crippen molar-refractivity contribution >= 4 is 11.8 Å². The minimum atomic E-state index is -0.482. The molecule has 5 heteroatoms. The molecule has 0 heterocycles. The lowest BCUT2D eigenvalue weighted by atomic mass is 9.77. The van der Waals surface area contributed by atoms with E-state index in [9.17, 15) is 9.59 Å². The molecule has 0 aliphatic heterocycles. The number of hydrogen-bond donors (Lipinski definition) is 3. The number of rotatable bonds is 5. The third-order valence-electron chi connectivity index (χ3n) is 4.00. The van der Waals surface area contributed by atoms with Crippen molar-refractivity contribution in [3.63, 3.8) is 0 Å². The largest absolute Gasteiger partial charge is 0.354 e. The molecule has 0 aromatic rings. The molecule has 0 saturated heterocycles. The summed E-state index contributed by atoms with van der Waals surface area (Å²) < 4.78 is 0. The van der Waals surface area contributed by atoms with Gasteiger partial charge in [-0.05, 0) is 32.1 Å². The molecule has 0 spiro atoms. The first-order valence-electron chi connectivity index (χ1n) is 7.31. The molecule has 4 N–H and O–H groups in total. The van der Waals surface area contributed by atoms with Crippen LogP contribution in [-0.4, -0.2) is 30.4 Å². The Labute approximate surface area is 115 Å². The second-order valence-corrected chi connectivity index (χ2v) is 5.58. The van der Waals surface area contributed by atoms with E-state index in [0.29, 0.717) is 6.54 Å². The molecule has 2 amide bonds. The van der Waals surface area contributed by atoms with Crippen molar-refractivity contribution in [2.24, 2.45) is 17.6 Å². The fraction of sp³-hybridized carbons (Fsp3) is 0.857. The van der Waals surface area contributed by atoms with Crippen molar-refractivity contribution in [3.05, 3.63) is 0 Å². The van der Waals surface area contributed by atoms with Crippen LogP contribution in [0.1, 0.15) is 46.5 Å². The summed E-state index contributed by atoms with van der Waals surface area (Å²) in [5.41, 5.74) is 6.00. The Morgan fingerprint density at radius 3 is 2.68 bits per heavy atom. The molecule has 5 nitrogen and oxygen atoms in total. The zero-order chi connectivity index (χ0) is 14.4. The summed E-state index contributed by atoms with van der Waals surface area (Å²) >= 11 is 0. The van der Waals surface area contributed by atoms with E-state index < -0.39 is 6.04 Å². The summed E-state index contributed by atoms with van der Waals surface area (Å²) in [7, 11) is 0. The number of nitrogens with two attached hydrogens (primary N) is 1. The average molecular weight is 269 g/mol. The topological polar surface area (TPSA) is 84.2 Å². The van der Waals surface area contributed by atoms with Gasteiger partial charge >= 0.3 is 0 Å². The van der Waals surface area contributed by atoms with E-state index in [1.54, 1.807) is 6.92 Å². The monoisotopic (exact) mass is 269 g/mol. The van der Waals surface area contributed by atoms with Gasteiger partial charge in [0.05, 0.1) is 0 Å². The summed E-state index contributed by atoms with van der Waals surface area (Å²) in [4.78, 5) is 23.9. The Morgan fingerprint density at radius 2 is 2.05 bits per heavy atom. The molecule has 0 aromatic carbocycles. The molecule has 4 atom stereocenters. The lowest BCUT2D eigenvalue weighted by Gasteiger charge is -2.33. The zero-order valence-corrected chi connectivity index (χ0v) is 12.2. The van der Waals surface area contributed by atoms with Crippen LogP contribution in [0.25, 0.3) is 0 Å². The number of amides is 2. The van der Waals surface area contributed by atoms with Crippen LogP contribution in [0.15, 0.2) is 0 Å². The van der Waals surface area contributed by atoms with Crippen LogP contribution in [0.4, 0.5) is 0 Å². The summed E-state index contributed by atoms with van der Waals surface area (Å²) in [6, 6.07) is -0.391. The molecule has 4 unspecified atom stereocenters. The highest BCUT2D eigenvalue weighted by atomic mass is 16.2. The van der Waals surface area contributed by atoms with Gasteiger partial charge in [-0.2, -0.15) is 0 Å². The minimum Gasteiger partial charge on any atom is -0.354 e. The molecule has 1 rings (SSSR count). The highest BCUT2D eigenvalue weighted by Gasteiger charge is 2.33. The van der Waals surface area contributed by atoms with Gasteiger partial charge in [-0.1, -0.05) is 20.3 Å². The van der Waals surface area contributed by atoms with Gasteiger partial charge in [0.2, 0.25) is 11.8 Å². The molecule has 0 bridgehead atoms. The Balaban J connectivity index is 2.47. The van der Waals surface area contributed by atoms with Crippen LogP contribution in [0, 0.1) is 11.8 Å². The Morgan fingerprint density at radius 1 is 1.37 bits per heavy atom. The average Bonchev–Trinajstić information content (AvgIpc) is 2.38. The summed E-state index contributed by atoms with van der Waals surface area (Å²) in [6.07, 6.45) is 3.72. The Kier molecular flexibility index (Phi) is 6.28. The maximum absolute atomic E-state index is 12.2. The van der Waals surface area contributed by atoms with E-state index >= 15 is 0 Å². The third kappa shape index (κ3) is 4.49. The fourth-order valence-electron chi connectivity index (χ4n) is 2.55. The normalized spacial score (nSPS) is 28.5. The lowest BCUT2D eigenvalue weighted by Crippen LogP contribution is -2.50. The van der Waals surface area contributed by atoms with Crippen LogP contribution >= 0.6 is 0 Å². The lowest BCUT2D eigenvalue weighted by molar-refractivity contribution is -0.132. The van der Waals surface area contributed by atoms with Crippen molar-refractivity contribution < 1.29 is 9.59 Å². The molecule has 1 aliphatic rings. The van der Waals surface area contributed by atoms with E-state index in [2.05, 4.69) is 10.6 Å². The predicted molar refractivity (Wildman–Crippen MR) is 75.4 cm³/mol. The SMILES string of the molecule is CCCNC(=O)C(C)NC(=O)C1CCCC(N)C1C. The minimum absolute atomic E-state index is 0.0400. The molecule has 1 fully saturated rings. The van der Waals surface area contributed by atoms with Crippen molar-refractivity contribution in [2.45, 2.75) is 58.5 Å². The summed E-state index contributed by atoms with van der Waals surface area (Å²) in [6.45, 7) is 6.38. The van der Waals surface area contributed by atoms with Crippen molar-refractivity contribution in [3.8, 4) is 0 Å². The molecular weight excluding hydrogens is 242 g/mol. The predicted octanol–water partition coefficient (Wildman–Crippen LogP) is 0.781. The molecule has 0 radical (unpaired) electrons. The van der Waals surface area contributed by atoms with Gasteiger partial charge in [-0.15, -0.1) is 0 Å². The molecule has 1 aliphatic carbocycles. The maximum atomic E-state index is 12.2. The van der Waals surface area contributed by atoms with Gasteiger partial charge in [0, 0.05) is 18.5 Å². The van der Waals surface area contributed by atoms with E-state index in [0.717, 1.165) is 25.7 Å². The van der Waals surface area contributed by atoms with Gasteiger partial charge < -0.3 is 16.4 Å². The van der Waals surface area contributed by atoms with Gasteiger partial charge in [0.25, 0.3) is 0 Å². The van der Waals surface area contributed by atoms with Gasteiger partial charge in [-0.3, -0.25) is 9.59 Å². The summed E-state index contributed by atoms with van der Waals surface area (Å²) in [5.74, 6) is -0.0467. The molecule has 1 saturated carbocycles. The van der Waals surface area contributed by atoms with Gasteiger partial charge in [-0.25, -0.2) is 0 Å². The number of carbonyl (C=O) groups is 2. The zero-order valence-electron chi connectivity index (χ0n) is 12.2. The third-order valence-corrected chi connectivity index (χ3v) is 4.00. The van der Waals surface area contributed by atoms with Gasteiger partial charge in [0.1, 0.15) is 6.04 Å². The first-order chi connectivity index (χ1) is 8.97. The van der Waals surface area contributed by atoms with Crippen molar-refractivity contribution in [1.29, 1.82) is 0 Å². The number of nitrogens with one attached hydrogen (secondary N) is 2. The molecule has 19 heavy (non-hydrogen) atoms. The van der Waals surface area contributed by atoms with Crippen LogP contribution in [0.3, 0.4) is 0 Å². The quantitative estimate of drug-likeness (QED) is 0.689. The van der Waals surface area contributed by atoms with Crippen LogP contribution in [-0.2, 0) is 9.59 Å². The van der Waals surface area contributed by atoms with Gasteiger partial charge in [0.15, 0.2) is 0 Å². The Hall–Kier alpha value is -1.10. The molecular formula is C14H27N3O2. The first kappa shape index (κ1) is 16.0. The summed E-state index contributed by atoms with van der Waals surface area (Å²) in [5, 5.41) is 5.58. The highest BCUT2D eigenvalue weighted by molar-refractivity contribution is 5.88. The second-order valence-electron chi connectivity index (χ2n) is 5.58. The van der Waals surface area contributed by atoms with E-state index in [4.69, 9.17) is 5.73 Å². The number of carbonyl (C=O) groups excluding carboxylic acids is 2. The fourth-order valence-corrected chi connectivity index (χ4v) is 2.55. The van der Waals surface area contributed by atoms with E-state index in [-0.39, 0.29) is 29.7 Å². The van der Waals surface area contributed by atoms with Crippen molar-refractivity contribution in [1.82, 2.24) is 10.6 Å². The smallest absolute Gasteiger partial charge is 0.242 e. The van der Waals surface area contributed by atoms with Crippen LogP contribution in [0.2, 0.25) is 0 Å². The van der Waals surface area contributed by atoms with Crippen LogP contribution in [0.5, 0.6) is 0 Å².